The lowest BCUT2D eigenvalue weighted by Gasteiger charge is -2.18. The van der Waals surface area contributed by atoms with Crippen LogP contribution in [0.1, 0.15) is 24.5 Å². The number of nitrogens with two attached hydrogens (primary N) is 1. The molecule has 0 spiro atoms. The highest BCUT2D eigenvalue weighted by molar-refractivity contribution is 5.35. The molecule has 3 heteroatoms. The predicted octanol–water partition coefficient (Wildman–Crippen LogP) is 1.79. The van der Waals surface area contributed by atoms with Gasteiger partial charge in [0.1, 0.15) is 5.75 Å². The highest BCUT2D eigenvalue weighted by atomic mass is 16.5. The number of ether oxygens (including phenoxy) is 1. The minimum atomic E-state index is 0.360. The molecule has 94 valence electrons. The van der Waals surface area contributed by atoms with Crippen LogP contribution < -0.4 is 10.5 Å². The van der Waals surface area contributed by atoms with Crippen molar-refractivity contribution in [2.45, 2.75) is 32.4 Å². The fourth-order valence-corrected chi connectivity index (χ4v) is 2.46. The molecule has 1 fully saturated rings. The topological polar surface area (TPSA) is 38.5 Å². The standard InChI is InChI=1S/C14H22N2O/c1-3-11-8-14(17-2)5-4-12(11)9-16-7-6-13(15)10-16/h4-5,8,13H,3,6-7,9-10,15H2,1-2H3. The first-order valence-corrected chi connectivity index (χ1v) is 6.36. The summed E-state index contributed by atoms with van der Waals surface area (Å²) in [6.45, 7) is 5.35. The molecule has 17 heavy (non-hydrogen) atoms. The number of rotatable bonds is 4. The van der Waals surface area contributed by atoms with Crippen molar-refractivity contribution in [2.75, 3.05) is 20.2 Å². The Bertz CT molecular complexity index is 378. The third kappa shape index (κ3) is 2.99. The maximum absolute atomic E-state index is 5.93. The van der Waals surface area contributed by atoms with Crippen molar-refractivity contribution in [3.63, 3.8) is 0 Å². The number of hydrogen-bond acceptors (Lipinski definition) is 3. The van der Waals surface area contributed by atoms with E-state index in [-0.39, 0.29) is 0 Å². The van der Waals surface area contributed by atoms with E-state index in [0.29, 0.717) is 6.04 Å². The average molecular weight is 234 g/mol. The zero-order valence-corrected chi connectivity index (χ0v) is 10.8. The third-order valence-electron chi connectivity index (χ3n) is 3.50. The van der Waals surface area contributed by atoms with E-state index in [9.17, 15) is 0 Å². The fourth-order valence-electron chi connectivity index (χ4n) is 2.46. The molecule has 0 aliphatic carbocycles. The van der Waals surface area contributed by atoms with Crippen molar-refractivity contribution in [1.29, 1.82) is 0 Å². The monoisotopic (exact) mass is 234 g/mol. The molecule has 1 aromatic rings. The second-order valence-corrected chi connectivity index (χ2v) is 4.77. The Hall–Kier alpha value is -1.06. The fraction of sp³-hybridized carbons (Fsp3) is 0.571. The average Bonchev–Trinajstić information content (AvgIpc) is 2.75. The SMILES string of the molecule is CCc1cc(OC)ccc1CN1CCC(N)C1. The van der Waals surface area contributed by atoms with Crippen molar-refractivity contribution in [2.24, 2.45) is 5.73 Å². The van der Waals surface area contributed by atoms with E-state index in [1.807, 2.05) is 6.07 Å². The van der Waals surface area contributed by atoms with Gasteiger partial charge in [-0.3, -0.25) is 4.90 Å². The normalized spacial score (nSPS) is 20.8. The number of likely N-dealkylation sites (tertiary alicyclic amines) is 1. The molecule has 0 aromatic heterocycles. The Balaban J connectivity index is 2.09. The van der Waals surface area contributed by atoms with Gasteiger partial charge >= 0.3 is 0 Å². The Labute approximate surface area is 104 Å². The van der Waals surface area contributed by atoms with Crippen LogP contribution in [0.4, 0.5) is 0 Å². The molecule has 1 aliphatic heterocycles. The maximum Gasteiger partial charge on any atom is 0.119 e. The van der Waals surface area contributed by atoms with E-state index in [4.69, 9.17) is 10.5 Å². The van der Waals surface area contributed by atoms with Gasteiger partial charge < -0.3 is 10.5 Å². The van der Waals surface area contributed by atoms with Gasteiger partial charge in [-0.2, -0.15) is 0 Å². The molecule has 3 nitrogen and oxygen atoms in total. The quantitative estimate of drug-likeness (QED) is 0.863. The summed E-state index contributed by atoms with van der Waals surface area (Å²) < 4.78 is 5.27. The summed E-state index contributed by atoms with van der Waals surface area (Å²) in [4.78, 5) is 2.44. The van der Waals surface area contributed by atoms with Gasteiger partial charge in [0.25, 0.3) is 0 Å². The summed E-state index contributed by atoms with van der Waals surface area (Å²) in [6, 6.07) is 6.73. The molecule has 0 saturated carbocycles. The van der Waals surface area contributed by atoms with E-state index in [0.717, 1.165) is 38.2 Å². The number of methoxy groups -OCH3 is 1. The van der Waals surface area contributed by atoms with E-state index in [2.05, 4.69) is 24.0 Å². The molecule has 1 saturated heterocycles. The largest absolute Gasteiger partial charge is 0.497 e. The zero-order chi connectivity index (χ0) is 12.3. The first-order chi connectivity index (χ1) is 8.22. The van der Waals surface area contributed by atoms with Gasteiger partial charge in [0.15, 0.2) is 0 Å². The number of nitrogens with zero attached hydrogens (tertiary/aromatic N) is 1. The summed E-state index contributed by atoms with van der Waals surface area (Å²) in [6.07, 6.45) is 2.17. The van der Waals surface area contributed by atoms with Crippen molar-refractivity contribution in [3.05, 3.63) is 29.3 Å². The lowest BCUT2D eigenvalue weighted by Crippen LogP contribution is -2.26. The summed E-state index contributed by atoms with van der Waals surface area (Å²) in [7, 11) is 1.72. The summed E-state index contributed by atoms with van der Waals surface area (Å²) in [5, 5.41) is 0. The van der Waals surface area contributed by atoms with Crippen LogP contribution in [0.2, 0.25) is 0 Å². The Kier molecular flexibility index (Phi) is 4.02. The van der Waals surface area contributed by atoms with Crippen LogP contribution in [0.15, 0.2) is 18.2 Å². The zero-order valence-electron chi connectivity index (χ0n) is 10.8. The van der Waals surface area contributed by atoms with Crippen LogP contribution in [-0.2, 0) is 13.0 Å². The molecule has 2 rings (SSSR count). The van der Waals surface area contributed by atoms with Gasteiger partial charge in [0.05, 0.1) is 7.11 Å². The summed E-state index contributed by atoms with van der Waals surface area (Å²) in [5.74, 6) is 0.948. The molecule has 0 bridgehead atoms. The number of benzene rings is 1. The van der Waals surface area contributed by atoms with E-state index < -0.39 is 0 Å². The van der Waals surface area contributed by atoms with Gasteiger partial charge in [-0.25, -0.2) is 0 Å². The van der Waals surface area contributed by atoms with Gasteiger partial charge in [-0.1, -0.05) is 13.0 Å². The van der Waals surface area contributed by atoms with Gasteiger partial charge in [0, 0.05) is 25.7 Å². The van der Waals surface area contributed by atoms with Crippen LogP contribution in [-0.4, -0.2) is 31.1 Å². The van der Waals surface area contributed by atoms with Crippen LogP contribution in [0, 0.1) is 0 Å². The Morgan fingerprint density at radius 1 is 1.41 bits per heavy atom. The molecule has 1 atom stereocenters. The smallest absolute Gasteiger partial charge is 0.119 e. The lowest BCUT2D eigenvalue weighted by molar-refractivity contribution is 0.325. The third-order valence-corrected chi connectivity index (χ3v) is 3.50. The molecule has 2 N–H and O–H groups in total. The molecular weight excluding hydrogens is 212 g/mol. The van der Waals surface area contributed by atoms with Crippen LogP contribution in [0.5, 0.6) is 5.75 Å². The van der Waals surface area contributed by atoms with Crippen LogP contribution >= 0.6 is 0 Å². The van der Waals surface area contributed by atoms with E-state index >= 15 is 0 Å². The van der Waals surface area contributed by atoms with Crippen molar-refractivity contribution in [3.8, 4) is 5.75 Å². The minimum absolute atomic E-state index is 0.360. The highest BCUT2D eigenvalue weighted by Gasteiger charge is 2.19. The van der Waals surface area contributed by atoms with E-state index in [1.54, 1.807) is 7.11 Å². The minimum Gasteiger partial charge on any atom is -0.497 e. The molecular formula is C14H22N2O. The van der Waals surface area contributed by atoms with Crippen molar-refractivity contribution < 1.29 is 4.74 Å². The molecule has 1 heterocycles. The Morgan fingerprint density at radius 3 is 2.82 bits per heavy atom. The lowest BCUT2D eigenvalue weighted by atomic mass is 10.0. The molecule has 1 unspecified atom stereocenters. The van der Waals surface area contributed by atoms with E-state index in [1.165, 1.54) is 11.1 Å². The molecule has 1 aliphatic rings. The first kappa shape index (κ1) is 12.4. The van der Waals surface area contributed by atoms with Crippen LogP contribution in [0.25, 0.3) is 0 Å². The van der Waals surface area contributed by atoms with Gasteiger partial charge in [0.2, 0.25) is 0 Å². The van der Waals surface area contributed by atoms with Crippen LogP contribution in [0.3, 0.4) is 0 Å². The molecule has 1 aromatic carbocycles. The highest BCUT2D eigenvalue weighted by Crippen LogP contribution is 2.21. The Morgan fingerprint density at radius 2 is 2.24 bits per heavy atom. The predicted molar refractivity (Wildman–Crippen MR) is 70.2 cm³/mol. The first-order valence-electron chi connectivity index (χ1n) is 6.36. The second-order valence-electron chi connectivity index (χ2n) is 4.77. The van der Waals surface area contributed by atoms with Gasteiger partial charge in [-0.05, 0) is 36.1 Å². The van der Waals surface area contributed by atoms with Crippen molar-refractivity contribution in [1.82, 2.24) is 4.90 Å². The summed E-state index contributed by atoms with van der Waals surface area (Å²) in [5.41, 5.74) is 8.72. The van der Waals surface area contributed by atoms with Crippen molar-refractivity contribution >= 4 is 0 Å². The number of aryl methyl sites for hydroxylation is 1. The molecule has 0 amide bonds. The van der Waals surface area contributed by atoms with Gasteiger partial charge in [-0.15, -0.1) is 0 Å². The second kappa shape index (κ2) is 5.52. The number of hydrogen-bond donors (Lipinski definition) is 1. The molecule has 0 radical (unpaired) electrons. The maximum atomic E-state index is 5.93. The summed E-state index contributed by atoms with van der Waals surface area (Å²) >= 11 is 0.